The molecule has 1 saturated heterocycles. The van der Waals surface area contributed by atoms with Crippen LogP contribution in [0.25, 0.3) is 6.08 Å². The Bertz CT molecular complexity index is 1080. The van der Waals surface area contributed by atoms with Crippen LogP contribution in [0.5, 0.6) is 5.75 Å². The van der Waals surface area contributed by atoms with Gasteiger partial charge in [-0.1, -0.05) is 47.8 Å². The molecule has 0 spiro atoms. The molecule has 0 radical (unpaired) electrons. The fourth-order valence-corrected chi connectivity index (χ4v) is 3.65. The van der Waals surface area contributed by atoms with Crippen LogP contribution in [-0.4, -0.2) is 24.5 Å². The Morgan fingerprint density at radius 1 is 1.10 bits per heavy atom. The monoisotopic (exact) mass is 466 g/mol. The van der Waals surface area contributed by atoms with Gasteiger partial charge in [0.15, 0.2) is 0 Å². The maximum absolute atomic E-state index is 13.1. The third-order valence-electron chi connectivity index (χ3n) is 4.37. The zero-order chi connectivity index (χ0) is 22.0. The number of carbonyl (C=O) groups is 3. The maximum Gasteiger partial charge on any atom is 0.335 e. The van der Waals surface area contributed by atoms with Crippen LogP contribution in [0.2, 0.25) is 15.1 Å². The van der Waals surface area contributed by atoms with E-state index in [4.69, 9.17) is 39.5 Å². The highest BCUT2D eigenvalue weighted by Crippen LogP contribution is 2.35. The summed E-state index contributed by atoms with van der Waals surface area (Å²) >= 11 is 18.5. The summed E-state index contributed by atoms with van der Waals surface area (Å²) in [5, 5.41) is 3.10. The lowest BCUT2D eigenvalue weighted by Crippen LogP contribution is -2.54. The summed E-state index contributed by atoms with van der Waals surface area (Å²) in [6, 6.07) is 6.98. The van der Waals surface area contributed by atoms with Crippen molar-refractivity contribution >= 4 is 64.4 Å². The summed E-state index contributed by atoms with van der Waals surface area (Å²) in [4.78, 5) is 38.9. The normalized spacial score (nSPS) is 15.6. The van der Waals surface area contributed by atoms with Gasteiger partial charge in [0.2, 0.25) is 0 Å². The van der Waals surface area contributed by atoms with Gasteiger partial charge in [-0.15, -0.1) is 0 Å². The lowest BCUT2D eigenvalue weighted by Gasteiger charge is -2.28. The van der Waals surface area contributed by atoms with Crippen LogP contribution in [0.3, 0.4) is 0 Å². The molecule has 4 amide bonds. The Hall–Kier alpha value is -2.54. The second kappa shape index (κ2) is 9.08. The number of urea groups is 1. The van der Waals surface area contributed by atoms with Crippen molar-refractivity contribution in [2.75, 3.05) is 11.5 Å². The van der Waals surface area contributed by atoms with E-state index in [1.165, 1.54) is 18.2 Å². The number of nitrogens with one attached hydrogen (secondary N) is 1. The van der Waals surface area contributed by atoms with Crippen molar-refractivity contribution < 1.29 is 19.1 Å². The second-order valence-electron chi connectivity index (χ2n) is 6.50. The van der Waals surface area contributed by atoms with Crippen molar-refractivity contribution in [2.24, 2.45) is 0 Å². The minimum Gasteiger partial charge on any atom is -0.491 e. The van der Waals surface area contributed by atoms with Gasteiger partial charge < -0.3 is 4.74 Å². The van der Waals surface area contributed by atoms with Crippen LogP contribution >= 0.6 is 34.8 Å². The minimum atomic E-state index is -0.862. The molecule has 0 bridgehead atoms. The molecular weight excluding hydrogens is 451 g/mol. The summed E-state index contributed by atoms with van der Waals surface area (Å²) in [6.45, 7) is 3.98. The number of carbonyl (C=O) groups excluding carboxylic acids is 3. The van der Waals surface area contributed by atoms with Crippen LogP contribution in [0.4, 0.5) is 10.5 Å². The number of ether oxygens (including phenoxy) is 1. The molecule has 3 rings (SSSR count). The van der Waals surface area contributed by atoms with Crippen LogP contribution in [0.15, 0.2) is 35.9 Å². The smallest absolute Gasteiger partial charge is 0.335 e. The van der Waals surface area contributed by atoms with E-state index >= 15 is 0 Å². The Kier molecular flexibility index (Phi) is 6.71. The standard InChI is InChI=1S/C21H17Cl3N2O4/c1-3-7-30-18-12(8-13(22)10-16(18)24)9-14-19(27)25-21(29)26(20(14)28)17-6-4-5-15(23)11(17)2/h4-6,8-10H,3,7H2,1-2H3,(H,25,27,29)/b14-9+. The average molecular weight is 468 g/mol. The molecule has 9 heteroatoms. The van der Waals surface area contributed by atoms with Gasteiger partial charge in [0.25, 0.3) is 11.8 Å². The van der Waals surface area contributed by atoms with E-state index in [0.29, 0.717) is 33.5 Å². The number of amides is 4. The Morgan fingerprint density at radius 2 is 1.83 bits per heavy atom. The average Bonchev–Trinajstić information content (AvgIpc) is 2.67. The van der Waals surface area contributed by atoms with Crippen molar-refractivity contribution in [3.8, 4) is 5.75 Å². The Morgan fingerprint density at radius 3 is 2.53 bits per heavy atom. The fourth-order valence-electron chi connectivity index (χ4n) is 2.91. The van der Waals surface area contributed by atoms with Crippen LogP contribution < -0.4 is 15.0 Å². The number of hydrogen-bond acceptors (Lipinski definition) is 4. The lowest BCUT2D eigenvalue weighted by atomic mass is 10.0. The number of hydrogen-bond donors (Lipinski definition) is 1. The zero-order valence-corrected chi connectivity index (χ0v) is 18.4. The number of rotatable bonds is 5. The third kappa shape index (κ3) is 4.31. The van der Waals surface area contributed by atoms with Crippen molar-refractivity contribution in [1.29, 1.82) is 0 Å². The molecule has 156 valence electrons. The number of barbiturate groups is 1. The Balaban J connectivity index is 2.11. The van der Waals surface area contributed by atoms with Crippen molar-refractivity contribution in [3.63, 3.8) is 0 Å². The van der Waals surface area contributed by atoms with Crippen molar-refractivity contribution in [3.05, 3.63) is 62.1 Å². The molecule has 2 aromatic rings. The van der Waals surface area contributed by atoms with Crippen LogP contribution in [-0.2, 0) is 9.59 Å². The molecule has 1 N–H and O–H groups in total. The van der Waals surface area contributed by atoms with Crippen LogP contribution in [0.1, 0.15) is 24.5 Å². The first kappa shape index (κ1) is 22.2. The third-order valence-corrected chi connectivity index (χ3v) is 5.28. The predicted molar refractivity (Wildman–Crippen MR) is 117 cm³/mol. The van der Waals surface area contributed by atoms with E-state index in [-0.39, 0.29) is 16.3 Å². The fraction of sp³-hybridized carbons (Fsp3) is 0.190. The molecule has 0 unspecified atom stereocenters. The van der Waals surface area contributed by atoms with Gasteiger partial charge in [-0.25, -0.2) is 9.69 Å². The summed E-state index contributed by atoms with van der Waals surface area (Å²) in [6.07, 6.45) is 2.03. The molecule has 1 heterocycles. The molecule has 0 aromatic heterocycles. The molecule has 1 aliphatic heterocycles. The van der Waals surface area contributed by atoms with Gasteiger partial charge in [0, 0.05) is 15.6 Å². The van der Waals surface area contributed by atoms with Gasteiger partial charge >= 0.3 is 6.03 Å². The zero-order valence-electron chi connectivity index (χ0n) is 16.1. The van der Waals surface area contributed by atoms with E-state index < -0.39 is 17.8 Å². The second-order valence-corrected chi connectivity index (χ2v) is 7.75. The van der Waals surface area contributed by atoms with E-state index in [1.807, 2.05) is 6.92 Å². The summed E-state index contributed by atoms with van der Waals surface area (Å²) in [5.74, 6) is -1.34. The van der Waals surface area contributed by atoms with Gasteiger partial charge in [-0.3, -0.25) is 14.9 Å². The van der Waals surface area contributed by atoms with Gasteiger partial charge in [0.1, 0.15) is 11.3 Å². The molecule has 30 heavy (non-hydrogen) atoms. The topological polar surface area (TPSA) is 75.7 Å². The quantitative estimate of drug-likeness (QED) is 0.471. The van der Waals surface area contributed by atoms with Crippen molar-refractivity contribution in [2.45, 2.75) is 20.3 Å². The first-order chi connectivity index (χ1) is 14.2. The molecule has 0 atom stereocenters. The first-order valence-corrected chi connectivity index (χ1v) is 10.2. The van der Waals surface area contributed by atoms with Crippen molar-refractivity contribution in [1.82, 2.24) is 5.32 Å². The minimum absolute atomic E-state index is 0.241. The molecule has 1 fully saturated rings. The van der Waals surface area contributed by atoms with Crippen LogP contribution in [0, 0.1) is 6.92 Å². The number of imide groups is 2. The summed E-state index contributed by atoms with van der Waals surface area (Å²) < 4.78 is 5.68. The van der Waals surface area contributed by atoms with Gasteiger partial charge in [0.05, 0.1) is 17.3 Å². The molecule has 2 aromatic carbocycles. The summed E-state index contributed by atoms with van der Waals surface area (Å²) in [7, 11) is 0. The predicted octanol–water partition coefficient (Wildman–Crippen LogP) is 5.41. The van der Waals surface area contributed by atoms with E-state index in [2.05, 4.69) is 5.32 Å². The maximum atomic E-state index is 13.1. The molecule has 0 saturated carbocycles. The number of nitrogens with zero attached hydrogens (tertiary/aromatic N) is 1. The lowest BCUT2D eigenvalue weighted by molar-refractivity contribution is -0.122. The van der Waals surface area contributed by atoms with Gasteiger partial charge in [-0.2, -0.15) is 0 Å². The highest BCUT2D eigenvalue weighted by Gasteiger charge is 2.37. The number of halogens is 3. The number of benzene rings is 2. The highest BCUT2D eigenvalue weighted by atomic mass is 35.5. The highest BCUT2D eigenvalue weighted by molar-refractivity contribution is 6.40. The summed E-state index contributed by atoms with van der Waals surface area (Å²) in [5.41, 5.74) is 0.870. The molecule has 0 aliphatic carbocycles. The molecule has 6 nitrogen and oxygen atoms in total. The van der Waals surface area contributed by atoms with E-state index in [0.717, 1.165) is 11.3 Å². The first-order valence-electron chi connectivity index (χ1n) is 9.03. The molecule has 1 aliphatic rings. The molecular formula is C21H17Cl3N2O4. The number of anilines is 1. The van der Waals surface area contributed by atoms with E-state index in [9.17, 15) is 14.4 Å². The SMILES string of the molecule is CCCOc1c(Cl)cc(Cl)cc1/C=C1\C(=O)NC(=O)N(c2cccc(Cl)c2C)C1=O. The van der Waals surface area contributed by atoms with Gasteiger partial charge in [-0.05, 0) is 49.2 Å². The largest absolute Gasteiger partial charge is 0.491 e. The van der Waals surface area contributed by atoms with E-state index in [1.54, 1.807) is 25.1 Å². The Labute approximate surface area is 188 Å².